The number of ether oxygens (including phenoxy) is 1. The molecule has 2 unspecified atom stereocenters. The predicted octanol–water partition coefficient (Wildman–Crippen LogP) is 23.6. The number of esters is 1. The van der Waals surface area contributed by atoms with Crippen LogP contribution in [0.5, 0.6) is 0 Å². The van der Waals surface area contributed by atoms with Crippen molar-refractivity contribution in [2.75, 3.05) is 13.2 Å². The molecule has 0 aliphatic carbocycles. The summed E-state index contributed by atoms with van der Waals surface area (Å²) in [7, 11) is 0. The number of carbonyl (C=O) groups is 2. The first-order valence-electron chi connectivity index (χ1n) is 36.4. The zero-order chi connectivity index (χ0) is 58.5. The number of nitrogens with one attached hydrogen (secondary N) is 1. The highest BCUT2D eigenvalue weighted by molar-refractivity contribution is 5.76. The normalized spacial score (nSPS) is 12.8. The fraction of sp³-hybridized carbons (Fsp3) is 0.867. The van der Waals surface area contributed by atoms with Gasteiger partial charge in [-0.15, -0.1) is 0 Å². The summed E-state index contributed by atoms with van der Waals surface area (Å²) in [6.45, 7) is 4.95. The Hall–Kier alpha value is -2.18. The van der Waals surface area contributed by atoms with Crippen molar-refractivity contribution in [3.05, 3.63) is 48.6 Å². The highest BCUT2D eigenvalue weighted by atomic mass is 16.5. The molecule has 1 amide bonds. The zero-order valence-corrected chi connectivity index (χ0v) is 54.5. The van der Waals surface area contributed by atoms with Gasteiger partial charge in [0.25, 0.3) is 0 Å². The van der Waals surface area contributed by atoms with Crippen LogP contribution in [0.15, 0.2) is 48.6 Å². The Kier molecular flexibility index (Phi) is 68.4. The quantitative estimate of drug-likeness (QED) is 0.0320. The Morgan fingerprint density at radius 1 is 0.346 bits per heavy atom. The standard InChI is InChI=1S/C75H141NO5/c1-3-5-7-9-11-13-15-17-19-41-45-49-53-57-61-65-69-75(80)81-70-66-62-58-54-50-46-42-38-36-34-32-30-28-26-24-22-20-21-23-25-27-29-31-33-35-37-40-44-48-52-56-60-64-68-74(79)76-72(71-77)73(78)67-63-59-55-51-47-43-39-18-16-14-12-10-8-6-4-2/h13,15,19,24,26,30,32,41,72-73,77-78H,3-12,14,16-18,20-23,25,27-29,31,33-40,42-71H2,1-2H3,(H,76,79)/b15-13-,26-24-,32-30-,41-19-. The van der Waals surface area contributed by atoms with Crippen molar-refractivity contribution in [3.8, 4) is 0 Å². The van der Waals surface area contributed by atoms with E-state index in [1.807, 2.05) is 0 Å². The average Bonchev–Trinajstić information content (AvgIpc) is 3.47. The van der Waals surface area contributed by atoms with Crippen molar-refractivity contribution in [1.29, 1.82) is 0 Å². The van der Waals surface area contributed by atoms with Gasteiger partial charge in [0.2, 0.25) is 5.91 Å². The lowest BCUT2D eigenvalue weighted by Crippen LogP contribution is -2.45. The lowest BCUT2D eigenvalue weighted by molar-refractivity contribution is -0.143. The van der Waals surface area contributed by atoms with E-state index in [-0.39, 0.29) is 18.5 Å². The molecule has 3 N–H and O–H groups in total. The van der Waals surface area contributed by atoms with E-state index in [1.165, 1.54) is 302 Å². The zero-order valence-electron chi connectivity index (χ0n) is 54.5. The lowest BCUT2D eigenvalue weighted by atomic mass is 10.0. The van der Waals surface area contributed by atoms with Crippen molar-refractivity contribution in [2.45, 2.75) is 405 Å². The van der Waals surface area contributed by atoms with Crippen LogP contribution in [-0.2, 0) is 14.3 Å². The van der Waals surface area contributed by atoms with Gasteiger partial charge >= 0.3 is 5.97 Å². The van der Waals surface area contributed by atoms with Gasteiger partial charge in [0.05, 0.1) is 25.4 Å². The highest BCUT2D eigenvalue weighted by Gasteiger charge is 2.20. The van der Waals surface area contributed by atoms with Crippen LogP contribution >= 0.6 is 0 Å². The molecular weight excluding hydrogens is 995 g/mol. The summed E-state index contributed by atoms with van der Waals surface area (Å²) in [6, 6.07) is -0.540. The van der Waals surface area contributed by atoms with Crippen LogP contribution in [0.3, 0.4) is 0 Å². The van der Waals surface area contributed by atoms with E-state index in [1.54, 1.807) is 0 Å². The molecule has 0 heterocycles. The topological polar surface area (TPSA) is 95.9 Å². The summed E-state index contributed by atoms with van der Waals surface area (Å²) >= 11 is 0. The summed E-state index contributed by atoms with van der Waals surface area (Å²) in [5.41, 5.74) is 0. The molecule has 0 rings (SSSR count). The Bertz CT molecular complexity index is 1360. The lowest BCUT2D eigenvalue weighted by Gasteiger charge is -2.22. The molecule has 0 bridgehead atoms. The van der Waals surface area contributed by atoms with Gasteiger partial charge in [-0.25, -0.2) is 0 Å². The van der Waals surface area contributed by atoms with E-state index in [0.29, 0.717) is 25.9 Å². The third kappa shape index (κ3) is 66.8. The molecule has 0 spiro atoms. The number of hydrogen-bond acceptors (Lipinski definition) is 5. The van der Waals surface area contributed by atoms with Crippen LogP contribution < -0.4 is 5.32 Å². The average molecular weight is 1140 g/mol. The van der Waals surface area contributed by atoms with Crippen LogP contribution in [0.1, 0.15) is 393 Å². The van der Waals surface area contributed by atoms with E-state index in [4.69, 9.17) is 4.74 Å². The third-order valence-corrected chi connectivity index (χ3v) is 16.9. The first-order valence-corrected chi connectivity index (χ1v) is 36.4. The molecule has 0 saturated carbocycles. The summed E-state index contributed by atoms with van der Waals surface area (Å²) in [5.74, 6) is -0.0299. The highest BCUT2D eigenvalue weighted by Crippen LogP contribution is 2.18. The Morgan fingerprint density at radius 2 is 0.617 bits per heavy atom. The van der Waals surface area contributed by atoms with Crippen molar-refractivity contribution in [1.82, 2.24) is 5.32 Å². The van der Waals surface area contributed by atoms with E-state index in [9.17, 15) is 19.8 Å². The van der Waals surface area contributed by atoms with Gasteiger partial charge in [0.1, 0.15) is 0 Å². The molecule has 0 aliphatic rings. The molecule has 0 radical (unpaired) electrons. The number of aliphatic hydroxyl groups excluding tert-OH is 2. The first kappa shape index (κ1) is 78.8. The van der Waals surface area contributed by atoms with Gasteiger partial charge in [-0.3, -0.25) is 9.59 Å². The monoisotopic (exact) mass is 1140 g/mol. The number of aliphatic hydroxyl groups is 2. The molecule has 0 aromatic heterocycles. The molecule has 0 aromatic carbocycles. The SMILES string of the molecule is CCCCCC/C=C\C/C=C\CCCCCCCC(=O)OCCCCCCCCCCC/C=C\C/C=C\CCCCCCCCCCCCCCCCCCCC(=O)NC(CO)C(O)CCCCCCCCCCCCCCCCC. The minimum Gasteiger partial charge on any atom is -0.466 e. The molecule has 6 nitrogen and oxygen atoms in total. The number of rotatable bonds is 68. The fourth-order valence-electron chi connectivity index (χ4n) is 11.3. The van der Waals surface area contributed by atoms with Crippen LogP contribution in [0.4, 0.5) is 0 Å². The number of unbranched alkanes of at least 4 members (excludes halogenated alkanes) is 49. The molecule has 6 heteroatoms. The maximum Gasteiger partial charge on any atom is 0.305 e. The summed E-state index contributed by atoms with van der Waals surface area (Å²) < 4.78 is 5.49. The molecule has 0 fully saturated rings. The van der Waals surface area contributed by atoms with Crippen LogP contribution in [-0.4, -0.2) is 47.4 Å². The van der Waals surface area contributed by atoms with E-state index in [2.05, 4.69) is 67.8 Å². The van der Waals surface area contributed by atoms with Crippen LogP contribution in [0, 0.1) is 0 Å². The first-order chi connectivity index (χ1) is 40.0. The number of allylic oxidation sites excluding steroid dienone is 8. The predicted molar refractivity (Wildman–Crippen MR) is 356 cm³/mol. The van der Waals surface area contributed by atoms with Crippen molar-refractivity contribution < 1.29 is 24.5 Å². The van der Waals surface area contributed by atoms with Crippen molar-refractivity contribution >= 4 is 11.9 Å². The molecule has 476 valence electrons. The maximum absolute atomic E-state index is 12.5. The smallest absolute Gasteiger partial charge is 0.305 e. The van der Waals surface area contributed by atoms with Crippen LogP contribution in [0.25, 0.3) is 0 Å². The van der Waals surface area contributed by atoms with Crippen molar-refractivity contribution in [3.63, 3.8) is 0 Å². The van der Waals surface area contributed by atoms with E-state index in [0.717, 1.165) is 57.8 Å². The second kappa shape index (κ2) is 70.3. The largest absolute Gasteiger partial charge is 0.466 e. The fourth-order valence-corrected chi connectivity index (χ4v) is 11.3. The van der Waals surface area contributed by atoms with Gasteiger partial charge in [-0.05, 0) is 89.9 Å². The minimum atomic E-state index is -0.663. The molecule has 0 aromatic rings. The maximum atomic E-state index is 12.5. The second-order valence-corrected chi connectivity index (χ2v) is 24.9. The molecule has 0 saturated heterocycles. The molecule has 81 heavy (non-hydrogen) atoms. The number of hydrogen-bond donors (Lipinski definition) is 3. The Morgan fingerprint density at radius 3 is 0.951 bits per heavy atom. The van der Waals surface area contributed by atoms with E-state index < -0.39 is 12.1 Å². The van der Waals surface area contributed by atoms with Gasteiger partial charge in [0.15, 0.2) is 0 Å². The van der Waals surface area contributed by atoms with E-state index >= 15 is 0 Å². The summed E-state index contributed by atoms with van der Waals surface area (Å²) in [6.07, 6.45) is 91.7. The molecule has 2 atom stereocenters. The minimum absolute atomic E-state index is 0.000843. The number of amides is 1. The van der Waals surface area contributed by atoms with Gasteiger partial charge in [-0.2, -0.15) is 0 Å². The van der Waals surface area contributed by atoms with Crippen molar-refractivity contribution in [2.24, 2.45) is 0 Å². The Balaban J connectivity index is 3.38. The molecular formula is C75H141NO5. The van der Waals surface area contributed by atoms with Gasteiger partial charge in [-0.1, -0.05) is 339 Å². The van der Waals surface area contributed by atoms with Crippen LogP contribution in [0.2, 0.25) is 0 Å². The van der Waals surface area contributed by atoms with Gasteiger partial charge in [0, 0.05) is 12.8 Å². The summed E-state index contributed by atoms with van der Waals surface area (Å²) in [5, 5.41) is 23.3. The van der Waals surface area contributed by atoms with Gasteiger partial charge < -0.3 is 20.3 Å². The number of carbonyl (C=O) groups excluding carboxylic acids is 2. The second-order valence-electron chi connectivity index (χ2n) is 24.9. The summed E-state index contributed by atoms with van der Waals surface area (Å²) in [4.78, 5) is 24.6. The Labute approximate surface area is 506 Å². The third-order valence-electron chi connectivity index (χ3n) is 16.9. The molecule has 0 aliphatic heterocycles.